The van der Waals surface area contributed by atoms with E-state index < -0.39 is 0 Å². The number of carbonyl (C=O) groups is 1. The van der Waals surface area contributed by atoms with E-state index in [0.717, 1.165) is 9.13 Å². The predicted octanol–water partition coefficient (Wildman–Crippen LogP) is 5.40. The summed E-state index contributed by atoms with van der Waals surface area (Å²) in [5.74, 6) is 0.275. The summed E-state index contributed by atoms with van der Waals surface area (Å²) < 4.78 is 1.15. The first-order chi connectivity index (χ1) is 10.8. The zero-order valence-electron chi connectivity index (χ0n) is 13.3. The summed E-state index contributed by atoms with van der Waals surface area (Å²) in [6, 6.07) is 9.05. The van der Waals surface area contributed by atoms with Crippen molar-refractivity contribution in [3.8, 4) is 0 Å². The second-order valence-electron chi connectivity index (χ2n) is 6.81. The van der Waals surface area contributed by atoms with E-state index in [1.54, 1.807) is 0 Å². The van der Waals surface area contributed by atoms with Crippen LogP contribution >= 0.6 is 22.6 Å². The third-order valence-corrected chi connectivity index (χ3v) is 5.91. The van der Waals surface area contributed by atoms with Crippen molar-refractivity contribution in [2.75, 3.05) is 0 Å². The average molecular weight is 411 g/mol. The van der Waals surface area contributed by atoms with Crippen molar-refractivity contribution in [2.24, 2.45) is 0 Å². The van der Waals surface area contributed by atoms with Gasteiger partial charge in [0.1, 0.15) is 0 Å². The van der Waals surface area contributed by atoms with Crippen LogP contribution in [0, 0.1) is 3.57 Å². The molecule has 0 saturated heterocycles. The average Bonchev–Trinajstić information content (AvgIpc) is 2.57. The van der Waals surface area contributed by atoms with Gasteiger partial charge in [0.2, 0.25) is 0 Å². The summed E-state index contributed by atoms with van der Waals surface area (Å²) in [6.07, 6.45) is 12.6. The molecule has 0 N–H and O–H groups in total. The number of amides is 1. The standard InChI is InChI=1S/C19H26INO/c20-16-9-7-8-15(14-16)19(22)21(17-10-3-1-4-11-17)18-12-5-2-6-13-18/h7-9,14,17-18H,1-6,10-13H2. The molecule has 2 aliphatic rings. The molecule has 2 fully saturated rings. The summed E-state index contributed by atoms with van der Waals surface area (Å²) in [5.41, 5.74) is 0.878. The smallest absolute Gasteiger partial charge is 0.254 e. The van der Waals surface area contributed by atoms with Gasteiger partial charge in [-0.3, -0.25) is 4.79 Å². The number of hydrogen-bond acceptors (Lipinski definition) is 1. The van der Waals surface area contributed by atoms with Crippen molar-refractivity contribution in [2.45, 2.75) is 76.3 Å². The number of hydrogen-bond donors (Lipinski definition) is 0. The van der Waals surface area contributed by atoms with Crippen LogP contribution in [0.15, 0.2) is 24.3 Å². The van der Waals surface area contributed by atoms with E-state index in [0.29, 0.717) is 12.1 Å². The van der Waals surface area contributed by atoms with E-state index in [1.807, 2.05) is 18.2 Å². The minimum absolute atomic E-state index is 0.275. The van der Waals surface area contributed by atoms with Gasteiger partial charge >= 0.3 is 0 Å². The Morgan fingerprint density at radius 3 is 1.95 bits per heavy atom. The second kappa shape index (κ2) is 7.80. The molecule has 1 aromatic rings. The first kappa shape index (κ1) is 16.3. The Morgan fingerprint density at radius 1 is 0.909 bits per heavy atom. The molecule has 22 heavy (non-hydrogen) atoms. The number of benzene rings is 1. The summed E-state index contributed by atoms with van der Waals surface area (Å²) in [5, 5.41) is 0. The van der Waals surface area contributed by atoms with E-state index in [1.165, 1.54) is 64.2 Å². The maximum Gasteiger partial charge on any atom is 0.254 e. The van der Waals surface area contributed by atoms with Crippen molar-refractivity contribution in [1.82, 2.24) is 4.90 Å². The number of rotatable bonds is 3. The highest BCUT2D eigenvalue weighted by atomic mass is 127. The highest BCUT2D eigenvalue weighted by Crippen LogP contribution is 2.31. The molecule has 120 valence electrons. The summed E-state index contributed by atoms with van der Waals surface area (Å²) >= 11 is 2.30. The van der Waals surface area contributed by atoms with Crippen molar-refractivity contribution in [3.05, 3.63) is 33.4 Å². The lowest BCUT2D eigenvalue weighted by atomic mass is 9.88. The van der Waals surface area contributed by atoms with Crippen LogP contribution in [0.25, 0.3) is 0 Å². The van der Waals surface area contributed by atoms with Crippen LogP contribution in [0.2, 0.25) is 0 Å². The minimum Gasteiger partial charge on any atom is -0.333 e. The van der Waals surface area contributed by atoms with E-state index in [2.05, 4.69) is 33.6 Å². The Bertz CT molecular complexity index is 486. The van der Waals surface area contributed by atoms with E-state index >= 15 is 0 Å². The zero-order valence-corrected chi connectivity index (χ0v) is 15.4. The van der Waals surface area contributed by atoms with Crippen LogP contribution in [0.1, 0.15) is 74.6 Å². The molecule has 3 heteroatoms. The third kappa shape index (κ3) is 3.84. The Balaban J connectivity index is 1.84. The fourth-order valence-corrected chi connectivity index (χ4v) is 4.66. The molecule has 2 saturated carbocycles. The molecule has 3 rings (SSSR count). The summed E-state index contributed by atoms with van der Waals surface area (Å²) in [7, 11) is 0. The van der Waals surface area contributed by atoms with Crippen molar-refractivity contribution >= 4 is 28.5 Å². The number of nitrogens with zero attached hydrogens (tertiary/aromatic N) is 1. The van der Waals surface area contributed by atoms with E-state index in [4.69, 9.17) is 0 Å². The van der Waals surface area contributed by atoms with E-state index in [-0.39, 0.29) is 5.91 Å². The van der Waals surface area contributed by atoms with Gasteiger partial charge in [-0.05, 0) is 66.5 Å². The lowest BCUT2D eigenvalue weighted by Gasteiger charge is -2.42. The third-order valence-electron chi connectivity index (χ3n) is 5.24. The van der Waals surface area contributed by atoms with Crippen molar-refractivity contribution in [1.29, 1.82) is 0 Å². The van der Waals surface area contributed by atoms with Gasteiger partial charge in [0, 0.05) is 21.2 Å². The number of carbonyl (C=O) groups excluding carboxylic acids is 1. The first-order valence-corrected chi connectivity index (χ1v) is 9.92. The molecule has 1 aromatic carbocycles. The Hall–Kier alpha value is -0.580. The van der Waals surface area contributed by atoms with Gasteiger partial charge in [-0.2, -0.15) is 0 Å². The van der Waals surface area contributed by atoms with Crippen LogP contribution in [0.5, 0.6) is 0 Å². The van der Waals surface area contributed by atoms with Gasteiger partial charge in [-0.1, -0.05) is 44.6 Å². The molecule has 0 aromatic heterocycles. The van der Waals surface area contributed by atoms with Crippen LogP contribution in [0.4, 0.5) is 0 Å². The van der Waals surface area contributed by atoms with Gasteiger partial charge in [-0.15, -0.1) is 0 Å². The van der Waals surface area contributed by atoms with Crippen LogP contribution in [-0.2, 0) is 0 Å². The Kier molecular flexibility index (Phi) is 5.77. The van der Waals surface area contributed by atoms with Gasteiger partial charge in [0.05, 0.1) is 0 Å². The highest BCUT2D eigenvalue weighted by molar-refractivity contribution is 14.1. The molecule has 0 radical (unpaired) electrons. The minimum atomic E-state index is 0.275. The molecule has 1 amide bonds. The van der Waals surface area contributed by atoms with Crippen LogP contribution in [0.3, 0.4) is 0 Å². The molecule has 0 unspecified atom stereocenters. The van der Waals surface area contributed by atoms with Gasteiger partial charge in [-0.25, -0.2) is 0 Å². The normalized spacial score (nSPS) is 20.8. The molecule has 2 nitrogen and oxygen atoms in total. The second-order valence-corrected chi connectivity index (χ2v) is 8.05. The summed E-state index contributed by atoms with van der Waals surface area (Å²) in [4.78, 5) is 15.5. The molecule has 2 aliphatic carbocycles. The maximum atomic E-state index is 13.2. The zero-order chi connectivity index (χ0) is 15.4. The summed E-state index contributed by atoms with van der Waals surface area (Å²) in [6.45, 7) is 0. The topological polar surface area (TPSA) is 20.3 Å². The van der Waals surface area contributed by atoms with Gasteiger partial charge in [0.15, 0.2) is 0 Å². The molecule has 0 atom stereocenters. The van der Waals surface area contributed by atoms with Crippen LogP contribution < -0.4 is 0 Å². The Morgan fingerprint density at radius 2 is 1.45 bits per heavy atom. The number of halogens is 1. The van der Waals surface area contributed by atoms with Crippen LogP contribution in [-0.4, -0.2) is 22.9 Å². The lowest BCUT2D eigenvalue weighted by Crippen LogP contribution is -2.48. The monoisotopic (exact) mass is 411 g/mol. The Labute approximate surface area is 147 Å². The van der Waals surface area contributed by atoms with Crippen molar-refractivity contribution in [3.63, 3.8) is 0 Å². The molecular weight excluding hydrogens is 385 g/mol. The SMILES string of the molecule is O=C(c1cccc(I)c1)N(C1CCCCC1)C1CCCCC1. The molecule has 0 aliphatic heterocycles. The molecular formula is C19H26INO. The first-order valence-electron chi connectivity index (χ1n) is 8.84. The lowest BCUT2D eigenvalue weighted by molar-refractivity contribution is 0.0448. The highest BCUT2D eigenvalue weighted by Gasteiger charge is 2.32. The molecule has 0 heterocycles. The van der Waals surface area contributed by atoms with Gasteiger partial charge in [0.25, 0.3) is 5.91 Å². The largest absolute Gasteiger partial charge is 0.333 e. The van der Waals surface area contributed by atoms with Gasteiger partial charge < -0.3 is 4.90 Å². The fourth-order valence-electron chi connectivity index (χ4n) is 4.12. The predicted molar refractivity (Wildman–Crippen MR) is 99.1 cm³/mol. The molecule has 0 spiro atoms. The quantitative estimate of drug-likeness (QED) is 0.610. The van der Waals surface area contributed by atoms with Crippen molar-refractivity contribution < 1.29 is 4.79 Å². The van der Waals surface area contributed by atoms with E-state index in [9.17, 15) is 4.79 Å². The maximum absolute atomic E-state index is 13.2. The fraction of sp³-hybridized carbons (Fsp3) is 0.632. The molecule has 0 bridgehead atoms.